The molecule has 1 aliphatic rings. The highest BCUT2D eigenvalue weighted by atomic mass is 35.5. The van der Waals surface area contributed by atoms with Crippen molar-refractivity contribution in [2.24, 2.45) is 0 Å². The van der Waals surface area contributed by atoms with E-state index >= 15 is 0 Å². The molecule has 114 valence electrons. The van der Waals surface area contributed by atoms with E-state index in [1.54, 1.807) is 17.4 Å². The Morgan fingerprint density at radius 1 is 1.19 bits per heavy atom. The molecule has 1 saturated heterocycles. The lowest BCUT2D eigenvalue weighted by Gasteiger charge is -2.35. The third kappa shape index (κ3) is 3.58. The number of halogens is 3. The van der Waals surface area contributed by atoms with Crippen LogP contribution in [0, 0.1) is 5.82 Å². The number of benzene rings is 1. The van der Waals surface area contributed by atoms with Crippen LogP contribution >= 0.6 is 35.3 Å². The smallest absolute Gasteiger partial charge is 0.142 e. The molecule has 0 spiro atoms. The van der Waals surface area contributed by atoms with Crippen molar-refractivity contribution in [3.8, 4) is 0 Å². The molecule has 21 heavy (non-hydrogen) atoms. The number of hydrogen-bond acceptors (Lipinski definition) is 3. The van der Waals surface area contributed by atoms with Crippen molar-refractivity contribution in [2.45, 2.75) is 6.04 Å². The summed E-state index contributed by atoms with van der Waals surface area (Å²) < 4.78 is 13.8. The van der Waals surface area contributed by atoms with Gasteiger partial charge in [-0.05, 0) is 23.1 Å². The predicted octanol–water partition coefficient (Wildman–Crippen LogP) is 3.96. The Morgan fingerprint density at radius 3 is 2.62 bits per heavy atom. The summed E-state index contributed by atoms with van der Waals surface area (Å²) in [6.45, 7) is 3.79. The Bertz CT molecular complexity index is 571. The van der Waals surface area contributed by atoms with Crippen molar-refractivity contribution in [1.29, 1.82) is 0 Å². The van der Waals surface area contributed by atoms with Crippen molar-refractivity contribution in [3.05, 3.63) is 57.0 Å². The van der Waals surface area contributed by atoms with Gasteiger partial charge < -0.3 is 5.32 Å². The van der Waals surface area contributed by atoms with Gasteiger partial charge in [0.25, 0.3) is 0 Å². The van der Waals surface area contributed by atoms with Gasteiger partial charge in [0.05, 0.1) is 11.1 Å². The van der Waals surface area contributed by atoms with Crippen LogP contribution in [0.15, 0.2) is 35.7 Å². The minimum Gasteiger partial charge on any atom is -0.314 e. The van der Waals surface area contributed by atoms with E-state index < -0.39 is 0 Å². The van der Waals surface area contributed by atoms with E-state index in [-0.39, 0.29) is 29.3 Å². The second-order valence-corrected chi connectivity index (χ2v) is 6.20. The molecule has 2 heterocycles. The fourth-order valence-electron chi connectivity index (χ4n) is 2.65. The van der Waals surface area contributed by atoms with E-state index in [2.05, 4.69) is 21.7 Å². The molecule has 3 rings (SSSR count). The molecule has 1 fully saturated rings. The quantitative estimate of drug-likeness (QED) is 0.904. The summed E-state index contributed by atoms with van der Waals surface area (Å²) in [6, 6.07) is 9.24. The van der Waals surface area contributed by atoms with Crippen LogP contribution in [-0.2, 0) is 0 Å². The first-order valence-electron chi connectivity index (χ1n) is 6.69. The van der Waals surface area contributed by atoms with Gasteiger partial charge in [-0.3, -0.25) is 4.90 Å². The second kappa shape index (κ2) is 7.56. The summed E-state index contributed by atoms with van der Waals surface area (Å²) in [5.41, 5.74) is 0.857. The van der Waals surface area contributed by atoms with Crippen LogP contribution in [0.3, 0.4) is 0 Å². The number of thiophene rings is 1. The number of piperazine rings is 1. The summed E-state index contributed by atoms with van der Waals surface area (Å²) in [7, 11) is 0. The van der Waals surface area contributed by atoms with Crippen LogP contribution in [0.4, 0.5) is 4.39 Å². The molecule has 1 N–H and O–H groups in total. The molecule has 0 unspecified atom stereocenters. The van der Waals surface area contributed by atoms with Gasteiger partial charge in [-0.1, -0.05) is 29.8 Å². The van der Waals surface area contributed by atoms with E-state index in [4.69, 9.17) is 11.6 Å². The third-order valence-electron chi connectivity index (χ3n) is 3.61. The fraction of sp³-hybridized carbons (Fsp3) is 0.333. The molecule has 0 saturated carbocycles. The molecule has 0 amide bonds. The lowest BCUT2D eigenvalue weighted by Crippen LogP contribution is -2.45. The minimum absolute atomic E-state index is 0. The Hall–Kier alpha value is -0.650. The maximum atomic E-state index is 13.8. The monoisotopic (exact) mass is 346 g/mol. The molecule has 2 nitrogen and oxygen atoms in total. The first-order valence-corrected chi connectivity index (χ1v) is 7.95. The molecular formula is C15H17Cl2FN2S. The largest absolute Gasteiger partial charge is 0.314 e. The zero-order valence-corrected chi connectivity index (χ0v) is 13.8. The van der Waals surface area contributed by atoms with Gasteiger partial charge >= 0.3 is 0 Å². The van der Waals surface area contributed by atoms with E-state index in [0.717, 1.165) is 31.7 Å². The zero-order valence-electron chi connectivity index (χ0n) is 11.4. The lowest BCUT2D eigenvalue weighted by atomic mass is 10.0. The highest BCUT2D eigenvalue weighted by molar-refractivity contribution is 7.10. The predicted molar refractivity (Wildman–Crippen MR) is 89.3 cm³/mol. The number of nitrogens with one attached hydrogen (secondary N) is 1. The summed E-state index contributed by atoms with van der Waals surface area (Å²) in [5.74, 6) is -0.346. The molecule has 0 aliphatic carbocycles. The Labute approximate surface area is 139 Å². The highest BCUT2D eigenvalue weighted by Gasteiger charge is 2.27. The molecule has 0 bridgehead atoms. The molecular weight excluding hydrogens is 330 g/mol. The van der Waals surface area contributed by atoms with Crippen molar-refractivity contribution < 1.29 is 4.39 Å². The van der Waals surface area contributed by atoms with Crippen LogP contribution in [-0.4, -0.2) is 31.1 Å². The van der Waals surface area contributed by atoms with Crippen LogP contribution in [0.5, 0.6) is 0 Å². The molecule has 1 atom stereocenters. The van der Waals surface area contributed by atoms with Gasteiger partial charge in [-0.2, -0.15) is 0 Å². The standard InChI is InChI=1S/C15H16ClFN2S.ClH/c16-14-11(3-1-4-12(14)17)15(13-5-2-10-20-13)19-8-6-18-7-9-19;/h1-5,10,15,18H,6-9H2;1H/t15-;/m1./s1. The van der Waals surface area contributed by atoms with Gasteiger partial charge in [0.1, 0.15) is 5.82 Å². The van der Waals surface area contributed by atoms with Crippen molar-refractivity contribution in [1.82, 2.24) is 10.2 Å². The van der Waals surface area contributed by atoms with E-state index in [1.165, 1.54) is 10.9 Å². The number of rotatable bonds is 3. The molecule has 1 aromatic carbocycles. The minimum atomic E-state index is -0.346. The van der Waals surface area contributed by atoms with Crippen LogP contribution in [0.25, 0.3) is 0 Å². The van der Waals surface area contributed by atoms with Gasteiger partial charge in [-0.25, -0.2) is 4.39 Å². The topological polar surface area (TPSA) is 15.3 Å². The Morgan fingerprint density at radius 2 is 1.95 bits per heavy atom. The summed E-state index contributed by atoms with van der Waals surface area (Å²) in [6.07, 6.45) is 0. The van der Waals surface area contributed by atoms with Crippen molar-refractivity contribution in [2.75, 3.05) is 26.2 Å². The van der Waals surface area contributed by atoms with Crippen molar-refractivity contribution >= 4 is 35.3 Å². The first kappa shape index (κ1) is 16.7. The number of nitrogens with zero attached hydrogens (tertiary/aromatic N) is 1. The average molecular weight is 347 g/mol. The van der Waals surface area contributed by atoms with Gasteiger partial charge in [0, 0.05) is 31.1 Å². The third-order valence-corrected chi connectivity index (χ3v) is 4.93. The van der Waals surface area contributed by atoms with Gasteiger partial charge in [-0.15, -0.1) is 23.7 Å². The van der Waals surface area contributed by atoms with E-state index in [0.29, 0.717) is 0 Å². The molecule has 0 radical (unpaired) electrons. The normalized spacial score (nSPS) is 17.2. The molecule has 2 aromatic rings. The van der Waals surface area contributed by atoms with Gasteiger partial charge in [0.15, 0.2) is 0 Å². The second-order valence-electron chi connectivity index (χ2n) is 4.85. The number of hydrogen-bond donors (Lipinski definition) is 1. The first-order chi connectivity index (χ1) is 9.77. The Kier molecular flexibility index (Phi) is 6.02. The van der Waals surface area contributed by atoms with Crippen LogP contribution in [0.2, 0.25) is 5.02 Å². The lowest BCUT2D eigenvalue weighted by molar-refractivity contribution is 0.200. The highest BCUT2D eigenvalue weighted by Crippen LogP contribution is 2.36. The maximum Gasteiger partial charge on any atom is 0.142 e. The SMILES string of the molecule is Cl.Fc1cccc([C@H](c2cccs2)N2CCNCC2)c1Cl. The van der Waals surface area contributed by atoms with Crippen molar-refractivity contribution in [3.63, 3.8) is 0 Å². The molecule has 6 heteroatoms. The van der Waals surface area contributed by atoms with Crippen LogP contribution < -0.4 is 5.32 Å². The Balaban J connectivity index is 0.00000161. The van der Waals surface area contributed by atoms with E-state index in [9.17, 15) is 4.39 Å². The van der Waals surface area contributed by atoms with Crippen LogP contribution in [0.1, 0.15) is 16.5 Å². The summed E-state index contributed by atoms with van der Waals surface area (Å²) >= 11 is 7.90. The molecule has 1 aliphatic heterocycles. The summed E-state index contributed by atoms with van der Waals surface area (Å²) in [5, 5.41) is 5.64. The maximum absolute atomic E-state index is 13.8. The molecule has 1 aromatic heterocycles. The van der Waals surface area contributed by atoms with Gasteiger partial charge in [0.2, 0.25) is 0 Å². The van der Waals surface area contributed by atoms with E-state index in [1.807, 2.05) is 12.1 Å². The summed E-state index contributed by atoms with van der Waals surface area (Å²) in [4.78, 5) is 3.57. The zero-order chi connectivity index (χ0) is 13.9. The average Bonchev–Trinajstić information content (AvgIpc) is 2.99. The fourth-order valence-corrected chi connectivity index (χ4v) is 3.75.